The number of carbonyl (C=O) groups is 2. The summed E-state index contributed by atoms with van der Waals surface area (Å²) in [6.45, 7) is 2.44. The number of hydrogen-bond donors (Lipinski definition) is 2. The van der Waals surface area contributed by atoms with Crippen molar-refractivity contribution in [3.8, 4) is 6.07 Å². The maximum absolute atomic E-state index is 13.1. The van der Waals surface area contributed by atoms with Crippen LogP contribution in [0, 0.1) is 11.3 Å². The van der Waals surface area contributed by atoms with Gasteiger partial charge in [-0.15, -0.1) is 0 Å². The molecule has 1 amide bonds. The van der Waals surface area contributed by atoms with Gasteiger partial charge in [0.2, 0.25) is 0 Å². The first kappa shape index (κ1) is 24.7. The van der Waals surface area contributed by atoms with Crippen LogP contribution in [0.15, 0.2) is 96.7 Å². The van der Waals surface area contributed by atoms with Crippen molar-refractivity contribution in [2.75, 3.05) is 31.5 Å². The van der Waals surface area contributed by atoms with E-state index >= 15 is 0 Å². The third-order valence-electron chi connectivity index (χ3n) is 6.24. The van der Waals surface area contributed by atoms with Crippen LogP contribution in [0.3, 0.4) is 0 Å². The van der Waals surface area contributed by atoms with E-state index in [2.05, 4.69) is 34.5 Å². The number of amides is 1. The molecule has 2 N–H and O–H groups in total. The molecule has 1 saturated heterocycles. The average Bonchev–Trinajstić information content (AvgIpc) is 2.91. The van der Waals surface area contributed by atoms with E-state index in [1.807, 2.05) is 42.5 Å². The van der Waals surface area contributed by atoms with E-state index in [9.17, 15) is 14.9 Å². The van der Waals surface area contributed by atoms with Crippen molar-refractivity contribution >= 4 is 17.6 Å². The minimum atomic E-state index is -0.896. The van der Waals surface area contributed by atoms with Crippen molar-refractivity contribution in [3.63, 3.8) is 0 Å². The maximum Gasteiger partial charge on any atom is 0.307 e. The number of hydrogen-bond acceptors (Lipinski definition) is 5. The third-order valence-corrected chi connectivity index (χ3v) is 6.24. The number of rotatable bonds is 8. The second kappa shape index (κ2) is 11.8. The quantitative estimate of drug-likeness (QED) is 0.373. The smallest absolute Gasteiger partial charge is 0.307 e. The first-order valence-corrected chi connectivity index (χ1v) is 11.9. The Hall–Kier alpha value is -4.41. The predicted molar refractivity (Wildman–Crippen MR) is 138 cm³/mol. The summed E-state index contributed by atoms with van der Waals surface area (Å²) >= 11 is 0. The molecule has 0 spiro atoms. The lowest BCUT2D eigenvalue weighted by Crippen LogP contribution is -2.50. The topological polar surface area (TPSA) is 96.7 Å². The van der Waals surface area contributed by atoms with Crippen LogP contribution >= 0.6 is 0 Å². The van der Waals surface area contributed by atoms with Gasteiger partial charge in [-0.05, 0) is 28.8 Å². The van der Waals surface area contributed by atoms with Gasteiger partial charge in [-0.25, -0.2) is 0 Å². The number of carboxylic acids is 1. The lowest BCUT2D eigenvalue weighted by atomic mass is 9.96. The lowest BCUT2D eigenvalue weighted by molar-refractivity contribution is -0.136. The summed E-state index contributed by atoms with van der Waals surface area (Å²) in [4.78, 5) is 28.0. The molecule has 0 aromatic heterocycles. The van der Waals surface area contributed by atoms with Crippen LogP contribution in [-0.4, -0.2) is 53.0 Å². The highest BCUT2D eigenvalue weighted by molar-refractivity contribution is 5.97. The first-order valence-electron chi connectivity index (χ1n) is 11.9. The molecule has 0 unspecified atom stereocenters. The summed E-state index contributed by atoms with van der Waals surface area (Å²) in [6, 6.07) is 29.7. The van der Waals surface area contributed by atoms with Gasteiger partial charge in [0.15, 0.2) is 0 Å². The molecule has 4 rings (SSSR count). The van der Waals surface area contributed by atoms with E-state index < -0.39 is 5.97 Å². The fourth-order valence-corrected chi connectivity index (χ4v) is 4.43. The zero-order chi connectivity index (χ0) is 25.3. The van der Waals surface area contributed by atoms with Gasteiger partial charge >= 0.3 is 5.97 Å². The summed E-state index contributed by atoms with van der Waals surface area (Å²) in [5.74, 6) is -1.20. The summed E-state index contributed by atoms with van der Waals surface area (Å²) in [5, 5.41) is 21.5. The standard InChI is InChI=1S/C29H28N4O3/c30-20-25(21-31-26-13-11-22(12-14-26)19-27(34)35)29(36)33-17-15-32(16-18-33)28(23-7-3-1-4-8-23)24-9-5-2-6-10-24/h1-14,21,28,31H,15-19H2,(H,34,35)/b25-21-. The Kier molecular flexibility index (Phi) is 8.12. The molecule has 36 heavy (non-hydrogen) atoms. The van der Waals surface area contributed by atoms with Gasteiger partial charge in [0.05, 0.1) is 12.5 Å². The maximum atomic E-state index is 13.1. The Morgan fingerprint density at radius 3 is 1.94 bits per heavy atom. The Bertz CT molecular complexity index is 1200. The Morgan fingerprint density at radius 2 is 1.44 bits per heavy atom. The molecule has 182 valence electrons. The summed E-state index contributed by atoms with van der Waals surface area (Å²) in [5.41, 5.74) is 3.79. The fourth-order valence-electron chi connectivity index (χ4n) is 4.43. The molecule has 3 aromatic carbocycles. The van der Waals surface area contributed by atoms with Gasteiger partial charge in [0, 0.05) is 38.1 Å². The minimum Gasteiger partial charge on any atom is -0.481 e. The van der Waals surface area contributed by atoms with Crippen molar-refractivity contribution in [2.45, 2.75) is 12.5 Å². The fraction of sp³-hybridized carbons (Fsp3) is 0.207. The van der Waals surface area contributed by atoms with Gasteiger partial charge in [0.1, 0.15) is 11.6 Å². The SMILES string of the molecule is N#C/C(=C/Nc1ccc(CC(=O)O)cc1)C(=O)N1CCN(C(c2ccccc2)c2ccccc2)CC1. The summed E-state index contributed by atoms with van der Waals surface area (Å²) in [6.07, 6.45) is 1.36. The lowest BCUT2D eigenvalue weighted by Gasteiger charge is -2.39. The normalized spacial score (nSPS) is 14.3. The molecule has 1 heterocycles. The van der Waals surface area contributed by atoms with Crippen molar-refractivity contribution < 1.29 is 14.7 Å². The highest BCUT2D eigenvalue weighted by atomic mass is 16.4. The van der Waals surface area contributed by atoms with Crippen LogP contribution in [0.5, 0.6) is 0 Å². The van der Waals surface area contributed by atoms with Crippen molar-refractivity contribution in [1.82, 2.24) is 9.80 Å². The van der Waals surface area contributed by atoms with Crippen LogP contribution < -0.4 is 5.32 Å². The van der Waals surface area contributed by atoms with Crippen molar-refractivity contribution in [1.29, 1.82) is 5.26 Å². The molecule has 1 fully saturated rings. The van der Waals surface area contributed by atoms with E-state index in [0.717, 1.165) is 0 Å². The number of nitrogens with one attached hydrogen (secondary N) is 1. The molecular formula is C29H28N4O3. The molecule has 7 heteroatoms. The van der Waals surface area contributed by atoms with Crippen LogP contribution in [0.4, 0.5) is 5.69 Å². The molecule has 0 bridgehead atoms. The molecule has 7 nitrogen and oxygen atoms in total. The number of carbonyl (C=O) groups excluding carboxylic acids is 1. The highest BCUT2D eigenvalue weighted by Gasteiger charge is 2.29. The van der Waals surface area contributed by atoms with Gasteiger partial charge in [-0.1, -0.05) is 72.8 Å². The number of nitrogens with zero attached hydrogens (tertiary/aromatic N) is 3. The summed E-state index contributed by atoms with van der Waals surface area (Å²) in [7, 11) is 0. The van der Waals surface area contributed by atoms with E-state index in [1.54, 1.807) is 29.2 Å². The first-order chi connectivity index (χ1) is 17.5. The predicted octanol–water partition coefficient (Wildman–Crippen LogP) is 4.07. The van der Waals surface area contributed by atoms with Gasteiger partial charge in [-0.2, -0.15) is 5.26 Å². The van der Waals surface area contributed by atoms with E-state index in [4.69, 9.17) is 5.11 Å². The molecule has 0 saturated carbocycles. The Morgan fingerprint density at radius 1 is 0.889 bits per heavy atom. The van der Waals surface area contributed by atoms with Crippen LogP contribution in [-0.2, 0) is 16.0 Å². The van der Waals surface area contributed by atoms with E-state index in [-0.39, 0.29) is 23.9 Å². The second-order valence-corrected chi connectivity index (χ2v) is 8.63. The molecule has 1 aliphatic rings. The third kappa shape index (κ3) is 6.17. The minimum absolute atomic E-state index is 0.0285. The molecule has 0 atom stereocenters. The van der Waals surface area contributed by atoms with Crippen LogP contribution in [0.25, 0.3) is 0 Å². The molecule has 0 aliphatic carbocycles. The van der Waals surface area contributed by atoms with Gasteiger partial charge in [0.25, 0.3) is 5.91 Å². The van der Waals surface area contributed by atoms with Crippen LogP contribution in [0.2, 0.25) is 0 Å². The monoisotopic (exact) mass is 480 g/mol. The number of carboxylic acid groups (broad SMARTS) is 1. The Balaban J connectivity index is 1.40. The summed E-state index contributed by atoms with van der Waals surface area (Å²) < 4.78 is 0. The largest absolute Gasteiger partial charge is 0.481 e. The van der Waals surface area contributed by atoms with Gasteiger partial charge in [-0.3, -0.25) is 14.5 Å². The number of benzene rings is 3. The van der Waals surface area contributed by atoms with E-state index in [0.29, 0.717) is 37.4 Å². The van der Waals surface area contributed by atoms with Crippen LogP contribution in [0.1, 0.15) is 22.7 Å². The number of piperazine rings is 1. The molecule has 1 aliphatic heterocycles. The number of anilines is 1. The molecule has 3 aromatic rings. The molecular weight excluding hydrogens is 452 g/mol. The highest BCUT2D eigenvalue weighted by Crippen LogP contribution is 2.29. The average molecular weight is 481 g/mol. The van der Waals surface area contributed by atoms with Crippen molar-refractivity contribution in [2.24, 2.45) is 0 Å². The molecule has 0 radical (unpaired) electrons. The zero-order valence-electron chi connectivity index (χ0n) is 19.9. The number of aliphatic carboxylic acids is 1. The number of nitriles is 1. The van der Waals surface area contributed by atoms with Crippen molar-refractivity contribution in [3.05, 3.63) is 113 Å². The van der Waals surface area contributed by atoms with E-state index in [1.165, 1.54) is 17.3 Å². The Labute approximate surface area is 210 Å². The van der Waals surface area contributed by atoms with Gasteiger partial charge < -0.3 is 15.3 Å². The second-order valence-electron chi connectivity index (χ2n) is 8.63. The zero-order valence-corrected chi connectivity index (χ0v) is 19.9.